The number of pyridine rings is 1. The van der Waals surface area contributed by atoms with Crippen molar-refractivity contribution >= 4 is 11.7 Å². The molecule has 86 valence electrons. The molecule has 1 aliphatic rings. The predicted molar refractivity (Wildman–Crippen MR) is 56.4 cm³/mol. The van der Waals surface area contributed by atoms with E-state index in [-0.39, 0.29) is 17.6 Å². The predicted octanol–water partition coefficient (Wildman–Crippen LogP) is 1.59. The van der Waals surface area contributed by atoms with Crippen LogP contribution in [0.4, 0.5) is 10.2 Å². The van der Waals surface area contributed by atoms with E-state index in [4.69, 9.17) is 4.74 Å². The third-order valence-electron chi connectivity index (χ3n) is 2.56. The standard InChI is InChI=1S/C11H13FN2O2/c12-9-2-1-3-10(13-9)14-11(15)8-4-6-16-7-5-8/h1-3,8H,4-7H2,(H,13,14,15). The monoisotopic (exact) mass is 224 g/mol. The fourth-order valence-corrected chi connectivity index (χ4v) is 1.67. The van der Waals surface area contributed by atoms with Crippen LogP contribution in [0.3, 0.4) is 0 Å². The Balaban J connectivity index is 1.96. The van der Waals surface area contributed by atoms with Crippen LogP contribution >= 0.6 is 0 Å². The van der Waals surface area contributed by atoms with Gasteiger partial charge in [0.15, 0.2) is 0 Å². The first-order valence-corrected chi connectivity index (χ1v) is 5.27. The van der Waals surface area contributed by atoms with E-state index in [0.29, 0.717) is 26.1 Å². The van der Waals surface area contributed by atoms with Crippen LogP contribution in [0.1, 0.15) is 12.8 Å². The highest BCUT2D eigenvalue weighted by Crippen LogP contribution is 2.16. The minimum atomic E-state index is -0.593. The van der Waals surface area contributed by atoms with Gasteiger partial charge in [-0.2, -0.15) is 4.39 Å². The summed E-state index contributed by atoms with van der Waals surface area (Å²) in [5.41, 5.74) is 0. The molecule has 2 rings (SSSR count). The van der Waals surface area contributed by atoms with Crippen molar-refractivity contribution in [3.05, 3.63) is 24.1 Å². The van der Waals surface area contributed by atoms with Gasteiger partial charge in [-0.1, -0.05) is 6.07 Å². The molecule has 16 heavy (non-hydrogen) atoms. The van der Waals surface area contributed by atoms with Crippen molar-refractivity contribution in [2.75, 3.05) is 18.5 Å². The number of nitrogens with one attached hydrogen (secondary N) is 1. The van der Waals surface area contributed by atoms with Crippen molar-refractivity contribution in [1.29, 1.82) is 0 Å². The molecule has 0 aliphatic carbocycles. The van der Waals surface area contributed by atoms with Gasteiger partial charge in [0.1, 0.15) is 5.82 Å². The molecule has 1 aliphatic heterocycles. The lowest BCUT2D eigenvalue weighted by molar-refractivity contribution is -0.122. The summed E-state index contributed by atoms with van der Waals surface area (Å²) in [4.78, 5) is 15.3. The first-order chi connectivity index (χ1) is 7.75. The summed E-state index contributed by atoms with van der Waals surface area (Å²) in [6.07, 6.45) is 1.42. The number of aromatic nitrogens is 1. The largest absolute Gasteiger partial charge is 0.381 e. The van der Waals surface area contributed by atoms with Crippen LogP contribution in [0.15, 0.2) is 18.2 Å². The molecule has 0 spiro atoms. The number of hydrogen-bond acceptors (Lipinski definition) is 3. The topological polar surface area (TPSA) is 51.2 Å². The minimum Gasteiger partial charge on any atom is -0.381 e. The maximum atomic E-state index is 12.8. The molecule has 1 fully saturated rings. The van der Waals surface area contributed by atoms with Gasteiger partial charge in [0.2, 0.25) is 11.9 Å². The fraction of sp³-hybridized carbons (Fsp3) is 0.455. The lowest BCUT2D eigenvalue weighted by atomic mass is 9.99. The molecule has 0 radical (unpaired) electrons. The van der Waals surface area contributed by atoms with Crippen LogP contribution in [0.2, 0.25) is 0 Å². The van der Waals surface area contributed by atoms with E-state index >= 15 is 0 Å². The van der Waals surface area contributed by atoms with E-state index in [1.807, 2.05) is 0 Å². The normalized spacial score (nSPS) is 17.1. The SMILES string of the molecule is O=C(Nc1cccc(F)n1)C1CCOCC1. The van der Waals surface area contributed by atoms with Gasteiger partial charge in [-0.15, -0.1) is 0 Å². The van der Waals surface area contributed by atoms with Gasteiger partial charge >= 0.3 is 0 Å². The maximum Gasteiger partial charge on any atom is 0.228 e. The van der Waals surface area contributed by atoms with Crippen LogP contribution in [-0.2, 0) is 9.53 Å². The molecule has 1 N–H and O–H groups in total. The fourth-order valence-electron chi connectivity index (χ4n) is 1.67. The Labute approximate surface area is 92.8 Å². The molecule has 4 nitrogen and oxygen atoms in total. The van der Waals surface area contributed by atoms with E-state index in [0.717, 1.165) is 0 Å². The third-order valence-corrected chi connectivity index (χ3v) is 2.56. The van der Waals surface area contributed by atoms with Gasteiger partial charge < -0.3 is 10.1 Å². The number of anilines is 1. The molecule has 0 atom stereocenters. The van der Waals surface area contributed by atoms with Crippen LogP contribution in [0, 0.1) is 11.9 Å². The van der Waals surface area contributed by atoms with Crippen molar-refractivity contribution < 1.29 is 13.9 Å². The van der Waals surface area contributed by atoms with Crippen molar-refractivity contribution in [1.82, 2.24) is 4.98 Å². The molecule has 1 aromatic rings. The number of halogens is 1. The lowest BCUT2D eigenvalue weighted by Gasteiger charge is -2.20. The van der Waals surface area contributed by atoms with Crippen molar-refractivity contribution in [3.8, 4) is 0 Å². The Hall–Kier alpha value is -1.49. The molecular formula is C11H13FN2O2. The number of carbonyl (C=O) groups excluding carboxylic acids is 1. The van der Waals surface area contributed by atoms with E-state index < -0.39 is 5.95 Å². The summed E-state index contributed by atoms with van der Waals surface area (Å²) in [6, 6.07) is 4.33. The number of amides is 1. The molecule has 0 saturated carbocycles. The van der Waals surface area contributed by atoms with Gasteiger partial charge in [0, 0.05) is 19.1 Å². The van der Waals surface area contributed by atoms with E-state index in [1.165, 1.54) is 12.1 Å². The molecule has 1 saturated heterocycles. The zero-order chi connectivity index (χ0) is 11.4. The summed E-state index contributed by atoms with van der Waals surface area (Å²) in [5.74, 6) is -0.499. The van der Waals surface area contributed by atoms with Crippen molar-refractivity contribution in [2.24, 2.45) is 5.92 Å². The van der Waals surface area contributed by atoms with Gasteiger partial charge in [-0.05, 0) is 25.0 Å². The summed E-state index contributed by atoms with van der Waals surface area (Å²) in [6.45, 7) is 1.21. The van der Waals surface area contributed by atoms with Gasteiger partial charge in [-0.25, -0.2) is 4.98 Å². The molecule has 2 heterocycles. The van der Waals surface area contributed by atoms with Gasteiger partial charge in [0.25, 0.3) is 0 Å². The van der Waals surface area contributed by atoms with Crippen LogP contribution in [-0.4, -0.2) is 24.1 Å². The second-order valence-electron chi connectivity index (χ2n) is 3.72. The molecule has 0 unspecified atom stereocenters. The third kappa shape index (κ3) is 2.76. The Bertz CT molecular complexity index is 378. The molecule has 0 bridgehead atoms. The molecule has 5 heteroatoms. The first kappa shape index (κ1) is 11.0. The summed E-state index contributed by atoms with van der Waals surface area (Å²) < 4.78 is 17.9. The first-order valence-electron chi connectivity index (χ1n) is 5.27. The molecule has 1 aromatic heterocycles. The lowest BCUT2D eigenvalue weighted by Crippen LogP contribution is -2.28. The second-order valence-corrected chi connectivity index (χ2v) is 3.72. The molecule has 0 aromatic carbocycles. The zero-order valence-corrected chi connectivity index (χ0v) is 8.78. The van der Waals surface area contributed by atoms with E-state index in [1.54, 1.807) is 6.07 Å². The highest BCUT2D eigenvalue weighted by atomic mass is 19.1. The minimum absolute atomic E-state index is 0.0567. The van der Waals surface area contributed by atoms with Crippen LogP contribution < -0.4 is 5.32 Å². The Morgan fingerprint density at radius 2 is 2.19 bits per heavy atom. The van der Waals surface area contributed by atoms with Gasteiger partial charge in [0.05, 0.1) is 0 Å². The van der Waals surface area contributed by atoms with Crippen molar-refractivity contribution in [2.45, 2.75) is 12.8 Å². The Kier molecular flexibility index (Phi) is 3.46. The number of carbonyl (C=O) groups is 1. The summed E-state index contributed by atoms with van der Waals surface area (Å²) in [5, 5.41) is 2.61. The average molecular weight is 224 g/mol. The molecular weight excluding hydrogens is 211 g/mol. The van der Waals surface area contributed by atoms with Crippen LogP contribution in [0.25, 0.3) is 0 Å². The highest BCUT2D eigenvalue weighted by Gasteiger charge is 2.21. The Morgan fingerprint density at radius 3 is 2.88 bits per heavy atom. The summed E-state index contributed by atoms with van der Waals surface area (Å²) >= 11 is 0. The molecule has 1 amide bonds. The number of nitrogens with zero attached hydrogens (tertiary/aromatic N) is 1. The number of ether oxygens (including phenoxy) is 1. The van der Waals surface area contributed by atoms with E-state index in [2.05, 4.69) is 10.3 Å². The highest BCUT2D eigenvalue weighted by molar-refractivity contribution is 5.91. The smallest absolute Gasteiger partial charge is 0.228 e. The number of rotatable bonds is 2. The number of hydrogen-bond donors (Lipinski definition) is 1. The average Bonchev–Trinajstić information content (AvgIpc) is 2.30. The zero-order valence-electron chi connectivity index (χ0n) is 8.78. The van der Waals surface area contributed by atoms with Crippen molar-refractivity contribution in [3.63, 3.8) is 0 Å². The van der Waals surface area contributed by atoms with E-state index in [9.17, 15) is 9.18 Å². The van der Waals surface area contributed by atoms with Gasteiger partial charge in [-0.3, -0.25) is 4.79 Å². The maximum absolute atomic E-state index is 12.8. The summed E-state index contributed by atoms with van der Waals surface area (Å²) in [7, 11) is 0. The Morgan fingerprint density at radius 1 is 1.44 bits per heavy atom. The van der Waals surface area contributed by atoms with Crippen LogP contribution in [0.5, 0.6) is 0 Å². The quantitative estimate of drug-likeness (QED) is 0.776. The second kappa shape index (κ2) is 5.03.